The van der Waals surface area contributed by atoms with Crippen LogP contribution in [0.3, 0.4) is 0 Å². The normalized spacial score (nSPS) is 11.2. The van der Waals surface area contributed by atoms with Crippen LogP contribution in [0.1, 0.15) is 18.1 Å². The number of aliphatic imine (C=N–C) groups is 1. The number of nitrogens with zero attached hydrogens (tertiary/aromatic N) is 1. The summed E-state index contributed by atoms with van der Waals surface area (Å²) < 4.78 is 10.9. The van der Waals surface area contributed by atoms with Crippen LogP contribution in [0.2, 0.25) is 5.02 Å². The zero-order chi connectivity index (χ0) is 18.8. The highest BCUT2D eigenvalue weighted by atomic mass is 35.5. The Kier molecular flexibility index (Phi) is 8.09. The van der Waals surface area contributed by atoms with E-state index in [0.717, 1.165) is 41.0 Å². The summed E-state index contributed by atoms with van der Waals surface area (Å²) in [5, 5.41) is 7.37. The third kappa shape index (κ3) is 6.15. The average Bonchev–Trinajstić information content (AvgIpc) is 2.67. The van der Waals surface area contributed by atoms with E-state index in [1.165, 1.54) is 5.56 Å². The molecular formula is C20H26ClN3O2. The first-order valence-electron chi connectivity index (χ1n) is 8.65. The second-order valence-electron chi connectivity index (χ2n) is 5.65. The summed E-state index contributed by atoms with van der Waals surface area (Å²) in [5.74, 6) is 2.24. The van der Waals surface area contributed by atoms with Crippen molar-refractivity contribution in [3.05, 3.63) is 58.6 Å². The molecular weight excluding hydrogens is 350 g/mol. The Hall–Kier alpha value is -2.40. The van der Waals surface area contributed by atoms with Crippen molar-refractivity contribution in [1.29, 1.82) is 0 Å². The summed E-state index contributed by atoms with van der Waals surface area (Å²) in [6, 6.07) is 13.8. The van der Waals surface area contributed by atoms with Gasteiger partial charge in [-0.25, -0.2) is 0 Å². The highest BCUT2D eigenvalue weighted by molar-refractivity contribution is 6.30. The predicted octanol–water partition coefficient (Wildman–Crippen LogP) is 3.66. The molecule has 0 unspecified atom stereocenters. The molecule has 0 radical (unpaired) electrons. The first kappa shape index (κ1) is 19.9. The largest absolute Gasteiger partial charge is 0.493 e. The van der Waals surface area contributed by atoms with E-state index in [1.54, 1.807) is 14.2 Å². The lowest BCUT2D eigenvalue weighted by atomic mass is 10.1. The fraction of sp³-hybridized carbons (Fsp3) is 0.350. The molecule has 6 heteroatoms. The van der Waals surface area contributed by atoms with Gasteiger partial charge in [0, 0.05) is 25.2 Å². The van der Waals surface area contributed by atoms with Crippen molar-refractivity contribution < 1.29 is 9.47 Å². The number of halogens is 1. The summed E-state index contributed by atoms with van der Waals surface area (Å²) in [6.07, 6.45) is 0.898. The van der Waals surface area contributed by atoms with E-state index in [4.69, 9.17) is 21.1 Å². The number of guanidine groups is 1. The van der Waals surface area contributed by atoms with Gasteiger partial charge in [-0.05, 0) is 48.7 Å². The van der Waals surface area contributed by atoms with Crippen LogP contribution in [0.25, 0.3) is 0 Å². The van der Waals surface area contributed by atoms with Crippen molar-refractivity contribution in [3.8, 4) is 11.5 Å². The minimum absolute atomic E-state index is 0.609. The summed E-state index contributed by atoms with van der Waals surface area (Å²) in [7, 11) is 3.41. The van der Waals surface area contributed by atoms with Gasteiger partial charge in [0.2, 0.25) is 0 Å². The molecule has 0 fully saturated rings. The zero-order valence-electron chi connectivity index (χ0n) is 15.5. The average molecular weight is 376 g/mol. The van der Waals surface area contributed by atoms with Crippen LogP contribution in [0, 0.1) is 0 Å². The third-order valence-electron chi connectivity index (χ3n) is 3.83. The monoisotopic (exact) mass is 375 g/mol. The van der Waals surface area contributed by atoms with E-state index in [2.05, 4.69) is 15.6 Å². The van der Waals surface area contributed by atoms with Crippen molar-refractivity contribution in [1.82, 2.24) is 10.6 Å². The van der Waals surface area contributed by atoms with Gasteiger partial charge in [-0.3, -0.25) is 4.99 Å². The number of nitrogens with one attached hydrogen (secondary N) is 2. The van der Waals surface area contributed by atoms with Crippen LogP contribution in [0.15, 0.2) is 47.5 Å². The SMILES string of the molecule is CCOc1ccc(CNC(=NC)NCCc2ccc(Cl)cc2)cc1OC. The Morgan fingerprint density at radius 3 is 2.42 bits per heavy atom. The van der Waals surface area contributed by atoms with E-state index in [1.807, 2.05) is 49.4 Å². The molecule has 26 heavy (non-hydrogen) atoms. The van der Waals surface area contributed by atoms with Gasteiger partial charge in [-0.2, -0.15) is 0 Å². The first-order valence-corrected chi connectivity index (χ1v) is 9.02. The Bertz CT molecular complexity index is 717. The maximum absolute atomic E-state index is 5.91. The fourth-order valence-corrected chi connectivity index (χ4v) is 2.61. The van der Waals surface area contributed by atoms with Crippen molar-refractivity contribution >= 4 is 17.6 Å². The number of methoxy groups -OCH3 is 1. The lowest BCUT2D eigenvalue weighted by Crippen LogP contribution is -2.37. The summed E-state index contributed by atoms with van der Waals surface area (Å²) in [4.78, 5) is 4.26. The van der Waals surface area contributed by atoms with Gasteiger partial charge in [0.05, 0.1) is 13.7 Å². The van der Waals surface area contributed by atoms with Gasteiger partial charge in [0.15, 0.2) is 17.5 Å². The van der Waals surface area contributed by atoms with Crippen LogP contribution in [-0.4, -0.2) is 33.3 Å². The van der Waals surface area contributed by atoms with Gasteiger partial charge in [0.1, 0.15) is 0 Å². The Labute approximate surface area is 160 Å². The van der Waals surface area contributed by atoms with Crippen molar-refractivity contribution in [2.75, 3.05) is 27.3 Å². The second-order valence-corrected chi connectivity index (χ2v) is 6.08. The molecule has 0 spiro atoms. The Morgan fingerprint density at radius 1 is 1.04 bits per heavy atom. The van der Waals surface area contributed by atoms with Crippen LogP contribution in [0.4, 0.5) is 0 Å². The maximum Gasteiger partial charge on any atom is 0.191 e. The zero-order valence-corrected chi connectivity index (χ0v) is 16.3. The molecule has 5 nitrogen and oxygen atoms in total. The number of ether oxygens (including phenoxy) is 2. The predicted molar refractivity (Wildman–Crippen MR) is 108 cm³/mol. The number of rotatable bonds is 8. The van der Waals surface area contributed by atoms with Gasteiger partial charge in [-0.1, -0.05) is 29.8 Å². The Morgan fingerprint density at radius 2 is 1.77 bits per heavy atom. The van der Waals surface area contributed by atoms with Gasteiger partial charge in [0.25, 0.3) is 0 Å². The van der Waals surface area contributed by atoms with E-state index in [0.29, 0.717) is 13.2 Å². The Balaban J connectivity index is 1.83. The fourth-order valence-electron chi connectivity index (χ4n) is 2.48. The van der Waals surface area contributed by atoms with E-state index < -0.39 is 0 Å². The summed E-state index contributed by atoms with van der Waals surface area (Å²) in [6.45, 7) is 3.99. The topological polar surface area (TPSA) is 54.9 Å². The number of benzene rings is 2. The smallest absolute Gasteiger partial charge is 0.191 e. The van der Waals surface area contributed by atoms with Gasteiger partial charge < -0.3 is 20.1 Å². The highest BCUT2D eigenvalue weighted by Crippen LogP contribution is 2.27. The van der Waals surface area contributed by atoms with Crippen LogP contribution in [0.5, 0.6) is 11.5 Å². The minimum Gasteiger partial charge on any atom is -0.493 e. The van der Waals surface area contributed by atoms with Crippen molar-refractivity contribution in [2.24, 2.45) is 4.99 Å². The molecule has 0 aliphatic heterocycles. The lowest BCUT2D eigenvalue weighted by molar-refractivity contribution is 0.310. The highest BCUT2D eigenvalue weighted by Gasteiger charge is 2.06. The molecule has 0 saturated carbocycles. The molecule has 0 saturated heterocycles. The molecule has 2 aromatic carbocycles. The molecule has 0 bridgehead atoms. The minimum atomic E-state index is 0.609. The van der Waals surface area contributed by atoms with Crippen molar-refractivity contribution in [2.45, 2.75) is 19.9 Å². The van der Waals surface area contributed by atoms with Crippen LogP contribution in [-0.2, 0) is 13.0 Å². The van der Waals surface area contributed by atoms with E-state index >= 15 is 0 Å². The molecule has 0 aliphatic carbocycles. The molecule has 0 atom stereocenters. The standard InChI is InChI=1S/C20H26ClN3O2/c1-4-26-18-10-7-16(13-19(18)25-3)14-24-20(22-2)23-12-11-15-5-8-17(21)9-6-15/h5-10,13H,4,11-12,14H2,1-3H3,(H2,22,23,24). The summed E-state index contributed by atoms with van der Waals surface area (Å²) >= 11 is 5.91. The molecule has 0 aliphatic rings. The quantitative estimate of drug-likeness (QED) is 0.546. The number of hydrogen-bond acceptors (Lipinski definition) is 3. The van der Waals surface area contributed by atoms with Crippen molar-refractivity contribution in [3.63, 3.8) is 0 Å². The third-order valence-corrected chi connectivity index (χ3v) is 4.08. The molecule has 2 rings (SSSR count). The maximum atomic E-state index is 5.91. The lowest BCUT2D eigenvalue weighted by Gasteiger charge is -2.14. The molecule has 140 valence electrons. The summed E-state index contributed by atoms with van der Waals surface area (Å²) in [5.41, 5.74) is 2.32. The molecule has 2 N–H and O–H groups in total. The van der Waals surface area contributed by atoms with Gasteiger partial charge >= 0.3 is 0 Å². The molecule has 2 aromatic rings. The molecule has 0 amide bonds. The van der Waals surface area contributed by atoms with Gasteiger partial charge in [-0.15, -0.1) is 0 Å². The van der Waals surface area contributed by atoms with E-state index in [9.17, 15) is 0 Å². The van der Waals surface area contributed by atoms with Crippen LogP contribution < -0.4 is 20.1 Å². The molecule has 0 heterocycles. The van der Waals surface area contributed by atoms with Crippen LogP contribution >= 0.6 is 11.6 Å². The second kappa shape index (κ2) is 10.6. The first-order chi connectivity index (χ1) is 12.7. The van der Waals surface area contributed by atoms with E-state index in [-0.39, 0.29) is 0 Å². The molecule has 0 aromatic heterocycles. The number of hydrogen-bond donors (Lipinski definition) is 2.